The van der Waals surface area contributed by atoms with Gasteiger partial charge in [-0.25, -0.2) is 4.98 Å². The van der Waals surface area contributed by atoms with E-state index in [9.17, 15) is 4.79 Å². The quantitative estimate of drug-likeness (QED) is 0.835. The predicted octanol–water partition coefficient (Wildman–Crippen LogP) is 1.87. The molecule has 1 heterocycles. The van der Waals surface area contributed by atoms with Crippen molar-refractivity contribution >= 4 is 28.8 Å². The van der Waals surface area contributed by atoms with Gasteiger partial charge in [-0.2, -0.15) is 5.26 Å². The number of aromatic nitrogens is 1. The second-order valence-corrected chi connectivity index (χ2v) is 4.96. The topological polar surface area (TPSA) is 53.8 Å². The molecule has 19 heavy (non-hydrogen) atoms. The normalized spacial score (nSPS) is 13.0. The SMILES string of the molecule is C/C=c1\s/c(=C(/C#N)C(C)=O)nc1-c1ccccc1. The van der Waals surface area contributed by atoms with Crippen molar-refractivity contribution in [1.82, 2.24) is 4.98 Å². The molecule has 1 aromatic heterocycles. The van der Waals surface area contributed by atoms with Gasteiger partial charge in [0.15, 0.2) is 5.78 Å². The van der Waals surface area contributed by atoms with Gasteiger partial charge in [-0.15, -0.1) is 11.3 Å². The van der Waals surface area contributed by atoms with Crippen molar-refractivity contribution in [2.24, 2.45) is 0 Å². The molecule has 3 nitrogen and oxygen atoms in total. The van der Waals surface area contributed by atoms with Crippen molar-refractivity contribution in [3.8, 4) is 17.3 Å². The van der Waals surface area contributed by atoms with E-state index >= 15 is 0 Å². The summed E-state index contributed by atoms with van der Waals surface area (Å²) in [4.78, 5) is 15.9. The van der Waals surface area contributed by atoms with Gasteiger partial charge in [0.25, 0.3) is 0 Å². The smallest absolute Gasteiger partial charge is 0.173 e. The fraction of sp³-hybridized carbons (Fsp3) is 0.133. The van der Waals surface area contributed by atoms with Crippen LogP contribution in [0.4, 0.5) is 0 Å². The lowest BCUT2D eigenvalue weighted by atomic mass is 10.1. The Hall–Kier alpha value is -2.25. The largest absolute Gasteiger partial charge is 0.294 e. The molecule has 1 aromatic carbocycles. The molecular weight excluding hydrogens is 256 g/mol. The molecule has 2 aromatic rings. The molecule has 0 N–H and O–H groups in total. The number of ketones is 1. The minimum absolute atomic E-state index is 0.121. The molecular formula is C15H12N2OS. The number of carbonyl (C=O) groups excluding carboxylic acids is 1. The standard InChI is InChI=1S/C15H12N2OS/c1-3-13-14(11-7-5-4-6-8-11)17-15(19-13)12(9-16)10(2)18/h3-8H,1-2H3/b13-3-,15-12-. The zero-order chi connectivity index (χ0) is 13.8. The molecule has 0 radical (unpaired) electrons. The highest BCUT2D eigenvalue weighted by molar-refractivity contribution is 7.08. The Balaban J connectivity index is 2.78. The molecule has 94 valence electrons. The number of hydrogen-bond donors (Lipinski definition) is 0. The number of nitrogens with zero attached hydrogens (tertiary/aromatic N) is 2. The maximum atomic E-state index is 11.4. The van der Waals surface area contributed by atoms with E-state index in [2.05, 4.69) is 4.98 Å². The first kappa shape index (κ1) is 13.2. The van der Waals surface area contributed by atoms with E-state index in [0.717, 1.165) is 15.8 Å². The molecule has 0 atom stereocenters. The van der Waals surface area contributed by atoms with Crippen LogP contribution in [0.5, 0.6) is 0 Å². The summed E-state index contributed by atoms with van der Waals surface area (Å²) in [6, 6.07) is 11.7. The lowest BCUT2D eigenvalue weighted by Crippen LogP contribution is -2.09. The maximum Gasteiger partial charge on any atom is 0.173 e. The molecule has 0 unspecified atom stereocenters. The van der Waals surface area contributed by atoms with E-state index in [4.69, 9.17) is 5.26 Å². The van der Waals surface area contributed by atoms with Gasteiger partial charge in [-0.1, -0.05) is 36.4 Å². The van der Waals surface area contributed by atoms with Crippen molar-refractivity contribution in [3.05, 3.63) is 39.5 Å². The minimum atomic E-state index is -0.251. The van der Waals surface area contributed by atoms with Crippen molar-refractivity contribution in [2.45, 2.75) is 13.8 Å². The number of nitriles is 1. The first-order valence-corrected chi connectivity index (χ1v) is 6.63. The molecule has 0 bridgehead atoms. The molecule has 0 fully saturated rings. The van der Waals surface area contributed by atoms with Crippen LogP contribution in [0.3, 0.4) is 0 Å². The van der Waals surface area contributed by atoms with Crippen LogP contribution in [-0.4, -0.2) is 10.8 Å². The van der Waals surface area contributed by atoms with Crippen molar-refractivity contribution in [2.75, 3.05) is 0 Å². The average molecular weight is 268 g/mol. The average Bonchev–Trinajstić information content (AvgIpc) is 2.84. The highest BCUT2D eigenvalue weighted by Crippen LogP contribution is 2.12. The first-order valence-electron chi connectivity index (χ1n) is 5.81. The van der Waals surface area contributed by atoms with Crippen LogP contribution < -0.4 is 9.20 Å². The molecule has 0 spiro atoms. The van der Waals surface area contributed by atoms with Crippen molar-refractivity contribution in [3.63, 3.8) is 0 Å². The van der Waals surface area contributed by atoms with Gasteiger partial charge >= 0.3 is 0 Å². The summed E-state index contributed by atoms with van der Waals surface area (Å²) in [6.07, 6.45) is 1.94. The van der Waals surface area contributed by atoms with Crippen LogP contribution in [0.25, 0.3) is 22.9 Å². The van der Waals surface area contributed by atoms with Crippen LogP contribution in [0.2, 0.25) is 0 Å². The predicted molar refractivity (Wildman–Crippen MR) is 76.6 cm³/mol. The van der Waals surface area contributed by atoms with E-state index in [1.54, 1.807) is 0 Å². The molecule has 0 aliphatic rings. The van der Waals surface area contributed by atoms with Gasteiger partial charge in [0.1, 0.15) is 16.3 Å². The second kappa shape index (κ2) is 5.59. The van der Waals surface area contributed by atoms with Crippen LogP contribution in [0.1, 0.15) is 13.8 Å². The maximum absolute atomic E-state index is 11.4. The molecule has 0 aliphatic carbocycles. The summed E-state index contributed by atoms with van der Waals surface area (Å²) >= 11 is 1.37. The van der Waals surface area contributed by atoms with Crippen LogP contribution >= 0.6 is 11.3 Å². The third kappa shape index (κ3) is 2.61. The number of Topliss-reactive ketones (excluding diaryl/α,β-unsaturated/α-hetero) is 1. The molecule has 0 saturated heterocycles. The first-order chi connectivity index (χ1) is 9.17. The Kier molecular flexibility index (Phi) is 3.88. The number of thiazole rings is 1. The fourth-order valence-electron chi connectivity index (χ4n) is 1.71. The highest BCUT2D eigenvalue weighted by atomic mass is 32.1. The molecule has 0 amide bonds. The zero-order valence-corrected chi connectivity index (χ0v) is 11.5. The van der Waals surface area contributed by atoms with Crippen molar-refractivity contribution in [1.29, 1.82) is 5.26 Å². The molecule has 2 rings (SSSR count). The molecule has 0 aliphatic heterocycles. The van der Waals surface area contributed by atoms with E-state index in [-0.39, 0.29) is 11.4 Å². The second-order valence-electron chi connectivity index (χ2n) is 3.93. The van der Waals surface area contributed by atoms with Crippen LogP contribution in [0.15, 0.2) is 30.3 Å². The zero-order valence-electron chi connectivity index (χ0n) is 10.7. The number of carbonyl (C=O) groups is 1. The summed E-state index contributed by atoms with van der Waals surface area (Å²) in [5.41, 5.74) is 1.92. The fourth-order valence-corrected chi connectivity index (χ4v) is 2.73. The Morgan fingerprint density at radius 2 is 2.05 bits per heavy atom. The van der Waals surface area contributed by atoms with Gasteiger partial charge < -0.3 is 0 Å². The highest BCUT2D eigenvalue weighted by Gasteiger charge is 2.10. The van der Waals surface area contributed by atoms with Gasteiger partial charge in [0.2, 0.25) is 0 Å². The monoisotopic (exact) mass is 268 g/mol. The van der Waals surface area contributed by atoms with Gasteiger partial charge in [-0.3, -0.25) is 4.79 Å². The molecule has 4 heteroatoms. The summed E-state index contributed by atoms with van der Waals surface area (Å²) in [5.74, 6) is -0.251. The summed E-state index contributed by atoms with van der Waals surface area (Å²) in [7, 11) is 0. The van der Waals surface area contributed by atoms with Gasteiger partial charge in [0, 0.05) is 5.56 Å². The number of hydrogen-bond acceptors (Lipinski definition) is 4. The van der Waals surface area contributed by atoms with E-state index in [0.29, 0.717) is 4.66 Å². The number of rotatable bonds is 2. The van der Waals surface area contributed by atoms with Crippen LogP contribution in [0, 0.1) is 11.3 Å². The lowest BCUT2D eigenvalue weighted by Gasteiger charge is -1.94. The summed E-state index contributed by atoms with van der Waals surface area (Å²) in [6.45, 7) is 3.31. The van der Waals surface area contributed by atoms with E-state index < -0.39 is 0 Å². The minimum Gasteiger partial charge on any atom is -0.294 e. The van der Waals surface area contributed by atoms with Crippen LogP contribution in [-0.2, 0) is 4.79 Å². The van der Waals surface area contributed by atoms with E-state index in [1.165, 1.54) is 18.3 Å². The van der Waals surface area contributed by atoms with Gasteiger partial charge in [-0.05, 0) is 13.8 Å². The summed E-state index contributed by atoms with van der Waals surface area (Å²) < 4.78 is 1.46. The molecule has 0 saturated carbocycles. The Morgan fingerprint density at radius 1 is 1.37 bits per heavy atom. The Bertz CT molecular complexity index is 767. The number of benzene rings is 1. The Labute approximate surface area is 115 Å². The lowest BCUT2D eigenvalue weighted by molar-refractivity contribution is -0.111. The van der Waals surface area contributed by atoms with Gasteiger partial charge in [0.05, 0.1) is 10.2 Å². The third-order valence-electron chi connectivity index (χ3n) is 2.64. The van der Waals surface area contributed by atoms with E-state index in [1.807, 2.05) is 49.4 Å². The Morgan fingerprint density at radius 3 is 2.58 bits per heavy atom. The summed E-state index contributed by atoms with van der Waals surface area (Å²) in [5, 5.41) is 9.04. The third-order valence-corrected chi connectivity index (χ3v) is 3.78. The van der Waals surface area contributed by atoms with Crippen molar-refractivity contribution < 1.29 is 4.79 Å².